The molecule has 32 heavy (non-hydrogen) atoms. The van der Waals surface area contributed by atoms with Crippen LogP contribution in [-0.4, -0.2) is 31.6 Å². The van der Waals surface area contributed by atoms with Gasteiger partial charge in [-0.15, -0.1) is 6.58 Å². The third kappa shape index (κ3) is 3.62. The molecule has 0 spiro atoms. The van der Waals surface area contributed by atoms with Crippen LogP contribution < -0.4 is 11.0 Å². The Kier molecular flexibility index (Phi) is 5.73. The highest BCUT2D eigenvalue weighted by molar-refractivity contribution is 6.03. The predicted molar refractivity (Wildman–Crippen MR) is 126 cm³/mol. The first-order valence-corrected chi connectivity index (χ1v) is 10.5. The van der Waals surface area contributed by atoms with Gasteiger partial charge in [-0.05, 0) is 32.4 Å². The van der Waals surface area contributed by atoms with Crippen molar-refractivity contribution in [2.45, 2.75) is 27.3 Å². The van der Waals surface area contributed by atoms with Crippen LogP contribution in [0.4, 0.5) is 0 Å². The summed E-state index contributed by atoms with van der Waals surface area (Å²) >= 11 is 0. The fraction of sp³-hybridized carbons (Fsp3) is 0.200. The van der Waals surface area contributed by atoms with Crippen LogP contribution in [0.15, 0.2) is 66.0 Å². The molecule has 0 saturated heterocycles. The van der Waals surface area contributed by atoms with E-state index in [2.05, 4.69) is 16.9 Å². The largest absolute Gasteiger partial charge is 0.351 e. The van der Waals surface area contributed by atoms with Crippen LogP contribution in [0.2, 0.25) is 0 Å². The van der Waals surface area contributed by atoms with E-state index < -0.39 is 0 Å². The van der Waals surface area contributed by atoms with Gasteiger partial charge in [0.15, 0.2) is 17.2 Å². The predicted octanol–water partition coefficient (Wildman–Crippen LogP) is 3.80. The summed E-state index contributed by atoms with van der Waals surface area (Å²) in [6, 6.07) is 15.3. The van der Waals surface area contributed by atoms with E-state index in [-0.39, 0.29) is 23.8 Å². The second-order valence-corrected chi connectivity index (χ2v) is 7.60. The molecule has 0 saturated carbocycles. The minimum absolute atomic E-state index is 0.165. The van der Waals surface area contributed by atoms with Crippen LogP contribution in [0, 0.1) is 13.8 Å². The van der Waals surface area contributed by atoms with Crippen LogP contribution in [0.5, 0.6) is 0 Å². The molecule has 7 heteroatoms. The Morgan fingerprint density at radius 1 is 1.09 bits per heavy atom. The summed E-state index contributed by atoms with van der Waals surface area (Å²) < 4.78 is 3.05. The Bertz CT molecular complexity index is 1380. The molecule has 162 valence electrons. The molecular weight excluding hydrogens is 402 g/mol. The summed E-state index contributed by atoms with van der Waals surface area (Å²) in [5, 5.41) is 2.81. The van der Waals surface area contributed by atoms with Gasteiger partial charge in [0.05, 0.1) is 5.69 Å². The SMILES string of the molecule is C=CCn1c(=O)n(-c2ccccc2C)c2nc(-c3ccc(C)cc3)nc(C(=O)NCC)c21. The van der Waals surface area contributed by atoms with Crippen molar-refractivity contribution in [3.8, 4) is 17.1 Å². The van der Waals surface area contributed by atoms with E-state index in [9.17, 15) is 9.59 Å². The zero-order valence-electron chi connectivity index (χ0n) is 18.4. The van der Waals surface area contributed by atoms with Crippen molar-refractivity contribution in [3.05, 3.63) is 88.5 Å². The van der Waals surface area contributed by atoms with Gasteiger partial charge >= 0.3 is 5.69 Å². The van der Waals surface area contributed by atoms with Crippen LogP contribution in [0.1, 0.15) is 28.5 Å². The topological polar surface area (TPSA) is 81.8 Å². The molecule has 0 unspecified atom stereocenters. The highest BCUT2D eigenvalue weighted by atomic mass is 16.2. The monoisotopic (exact) mass is 427 g/mol. The summed E-state index contributed by atoms with van der Waals surface area (Å²) in [6.45, 7) is 10.2. The Balaban J connectivity index is 2.14. The van der Waals surface area contributed by atoms with Gasteiger partial charge in [0.25, 0.3) is 5.91 Å². The molecule has 0 aliphatic carbocycles. The molecule has 4 rings (SSSR count). The van der Waals surface area contributed by atoms with Gasteiger partial charge in [-0.1, -0.05) is 54.1 Å². The van der Waals surface area contributed by atoms with E-state index in [4.69, 9.17) is 4.98 Å². The lowest BCUT2D eigenvalue weighted by molar-refractivity contribution is 0.0952. The van der Waals surface area contributed by atoms with Gasteiger partial charge < -0.3 is 5.32 Å². The normalized spacial score (nSPS) is 11.0. The first-order valence-electron chi connectivity index (χ1n) is 10.5. The van der Waals surface area contributed by atoms with Gasteiger partial charge in [-0.25, -0.2) is 19.3 Å². The zero-order valence-corrected chi connectivity index (χ0v) is 18.4. The van der Waals surface area contributed by atoms with Crippen LogP contribution in [-0.2, 0) is 6.54 Å². The molecule has 0 bridgehead atoms. The van der Waals surface area contributed by atoms with Crippen molar-refractivity contribution in [1.82, 2.24) is 24.4 Å². The summed E-state index contributed by atoms with van der Waals surface area (Å²) in [7, 11) is 0. The summed E-state index contributed by atoms with van der Waals surface area (Å²) in [6.07, 6.45) is 1.62. The second kappa shape index (κ2) is 8.63. The van der Waals surface area contributed by atoms with Crippen molar-refractivity contribution in [1.29, 1.82) is 0 Å². The first kappa shape index (κ1) is 21.2. The highest BCUT2D eigenvalue weighted by Crippen LogP contribution is 2.25. The number of carbonyl (C=O) groups excluding carboxylic acids is 1. The standard InChI is InChI=1S/C25H25N5O2/c1-5-15-29-21-20(24(31)26-6-2)27-22(18-13-11-16(3)12-14-18)28-23(21)30(25(29)32)19-10-8-7-9-17(19)4/h5,7-14H,1,6,15H2,2-4H3,(H,26,31). The summed E-state index contributed by atoms with van der Waals surface area (Å²) in [5.41, 5.74) is 4.14. The Morgan fingerprint density at radius 3 is 2.47 bits per heavy atom. The van der Waals surface area contributed by atoms with Crippen LogP contribution in [0.3, 0.4) is 0 Å². The van der Waals surface area contributed by atoms with Crippen molar-refractivity contribution in [2.24, 2.45) is 0 Å². The number of nitrogens with zero attached hydrogens (tertiary/aromatic N) is 4. The maximum absolute atomic E-state index is 13.5. The Hall–Kier alpha value is -4.00. The number of para-hydroxylation sites is 1. The van der Waals surface area contributed by atoms with Gasteiger partial charge in [-0.3, -0.25) is 9.36 Å². The maximum Gasteiger partial charge on any atom is 0.335 e. The molecule has 7 nitrogen and oxygen atoms in total. The van der Waals surface area contributed by atoms with E-state index in [1.54, 1.807) is 10.6 Å². The van der Waals surface area contributed by atoms with Gasteiger partial charge in [0.2, 0.25) is 0 Å². The number of rotatable bonds is 6. The molecule has 2 aromatic carbocycles. The number of aromatic nitrogens is 4. The number of carbonyl (C=O) groups is 1. The molecule has 2 heterocycles. The molecule has 0 aliphatic heterocycles. The minimum Gasteiger partial charge on any atom is -0.351 e. The fourth-order valence-corrected chi connectivity index (χ4v) is 3.72. The molecule has 0 fully saturated rings. The number of imidazole rings is 1. The van der Waals surface area contributed by atoms with Gasteiger partial charge in [0.1, 0.15) is 5.52 Å². The van der Waals surface area contributed by atoms with Crippen molar-refractivity contribution < 1.29 is 4.79 Å². The highest BCUT2D eigenvalue weighted by Gasteiger charge is 2.25. The quantitative estimate of drug-likeness (QED) is 0.475. The lowest BCUT2D eigenvalue weighted by Crippen LogP contribution is -2.26. The number of benzene rings is 2. The molecular formula is C25H25N5O2. The summed E-state index contributed by atoms with van der Waals surface area (Å²) in [4.78, 5) is 35.9. The number of hydrogen-bond acceptors (Lipinski definition) is 4. The Labute approximate surface area is 186 Å². The van der Waals surface area contributed by atoms with Gasteiger partial charge in [-0.2, -0.15) is 0 Å². The number of nitrogens with one attached hydrogen (secondary N) is 1. The lowest BCUT2D eigenvalue weighted by Gasteiger charge is -2.10. The number of amides is 1. The molecule has 2 aromatic heterocycles. The molecule has 0 aliphatic rings. The van der Waals surface area contributed by atoms with E-state index in [0.29, 0.717) is 29.2 Å². The van der Waals surface area contributed by atoms with Crippen molar-refractivity contribution in [2.75, 3.05) is 6.54 Å². The van der Waals surface area contributed by atoms with E-state index in [0.717, 1.165) is 16.7 Å². The average molecular weight is 428 g/mol. The fourth-order valence-electron chi connectivity index (χ4n) is 3.72. The van der Waals surface area contributed by atoms with E-state index in [1.165, 1.54) is 4.57 Å². The number of fused-ring (bicyclic) bond motifs is 1. The maximum atomic E-state index is 13.5. The molecule has 0 atom stereocenters. The minimum atomic E-state index is -0.354. The molecule has 4 aromatic rings. The van der Waals surface area contributed by atoms with Crippen molar-refractivity contribution >= 4 is 17.1 Å². The molecule has 1 N–H and O–H groups in total. The third-order valence-corrected chi connectivity index (χ3v) is 5.30. The van der Waals surface area contributed by atoms with Gasteiger partial charge in [0, 0.05) is 18.7 Å². The Morgan fingerprint density at radius 2 is 1.81 bits per heavy atom. The third-order valence-electron chi connectivity index (χ3n) is 5.30. The second-order valence-electron chi connectivity index (χ2n) is 7.60. The van der Waals surface area contributed by atoms with Crippen molar-refractivity contribution in [3.63, 3.8) is 0 Å². The smallest absolute Gasteiger partial charge is 0.335 e. The number of hydrogen-bond donors (Lipinski definition) is 1. The van der Waals surface area contributed by atoms with Crippen LogP contribution >= 0.6 is 0 Å². The number of aryl methyl sites for hydroxylation is 2. The molecule has 0 radical (unpaired) electrons. The van der Waals surface area contributed by atoms with E-state index in [1.807, 2.05) is 69.3 Å². The first-order chi connectivity index (χ1) is 15.5. The number of allylic oxidation sites excluding steroid dienone is 1. The lowest BCUT2D eigenvalue weighted by atomic mass is 10.1. The van der Waals surface area contributed by atoms with E-state index >= 15 is 0 Å². The average Bonchev–Trinajstić information content (AvgIpc) is 3.06. The van der Waals surface area contributed by atoms with Crippen LogP contribution in [0.25, 0.3) is 28.2 Å². The molecule has 1 amide bonds. The zero-order chi connectivity index (χ0) is 22.8. The summed E-state index contributed by atoms with van der Waals surface area (Å²) in [5.74, 6) is 0.0323.